The first-order chi connectivity index (χ1) is 16.2. The lowest BCUT2D eigenvalue weighted by Gasteiger charge is -2.29. The second kappa shape index (κ2) is 8.36. The maximum Gasteiger partial charge on any atom is 0.313 e. The molecule has 2 aliphatic rings. The van der Waals surface area contributed by atoms with Crippen molar-refractivity contribution < 1.29 is 21.3 Å². The molecule has 3 aromatic rings. The molecule has 1 aromatic heterocycles. The molecule has 16 heteroatoms. The van der Waals surface area contributed by atoms with E-state index in [9.17, 15) is 16.8 Å². The summed E-state index contributed by atoms with van der Waals surface area (Å²) in [5, 5.41) is 15.3. The quantitative estimate of drug-likeness (QED) is 0.202. The summed E-state index contributed by atoms with van der Waals surface area (Å²) >= 11 is 0. The van der Waals surface area contributed by atoms with Crippen molar-refractivity contribution in [3.8, 4) is 22.6 Å². The van der Waals surface area contributed by atoms with Gasteiger partial charge in [0.1, 0.15) is 11.1 Å². The Hall–Kier alpha value is -2.96. The summed E-state index contributed by atoms with van der Waals surface area (Å²) in [6.07, 6.45) is -0.847. The molecule has 2 aromatic carbocycles. The number of anilines is 1. The van der Waals surface area contributed by atoms with Crippen LogP contribution in [0.15, 0.2) is 50.6 Å². The van der Waals surface area contributed by atoms with Gasteiger partial charge in [0, 0.05) is 24.2 Å². The largest absolute Gasteiger partial charge is 0.404 e. The molecule has 2 saturated heterocycles. The second-order valence-corrected chi connectivity index (χ2v) is 11.4. The molecule has 0 aliphatic carbocycles. The Bertz CT molecular complexity index is 1460. The van der Waals surface area contributed by atoms with Gasteiger partial charge in [-0.25, -0.2) is 32.8 Å². The number of hydrogen-bond donors (Lipinski definition) is 7. The molecule has 14 nitrogen and oxygen atoms in total. The lowest BCUT2D eigenvalue weighted by atomic mass is 9.96. The summed E-state index contributed by atoms with van der Waals surface area (Å²) < 4.78 is 57.5. The van der Waals surface area contributed by atoms with Gasteiger partial charge < -0.3 is 15.5 Å². The summed E-state index contributed by atoms with van der Waals surface area (Å²) in [4.78, 5) is -0.837. The van der Waals surface area contributed by atoms with Crippen LogP contribution in [-0.4, -0.2) is 45.4 Å². The highest BCUT2D eigenvalue weighted by Crippen LogP contribution is 2.39. The lowest BCUT2D eigenvalue weighted by molar-refractivity contribution is 0.491. The van der Waals surface area contributed by atoms with E-state index in [-0.39, 0.29) is 35.5 Å². The van der Waals surface area contributed by atoms with Gasteiger partial charge in [0.25, 0.3) is 0 Å². The van der Waals surface area contributed by atoms with Gasteiger partial charge in [0.05, 0.1) is 10.1 Å². The van der Waals surface area contributed by atoms with Crippen molar-refractivity contribution in [2.45, 2.75) is 21.2 Å². The van der Waals surface area contributed by atoms with Crippen LogP contribution >= 0.6 is 0 Å². The number of nitrogens with zero attached hydrogens (tertiary/aromatic N) is 2. The third-order valence-electron chi connectivity index (χ3n) is 5.58. The topological polar surface area (TPSA) is 219 Å². The molecule has 0 amide bonds. The van der Waals surface area contributed by atoms with Gasteiger partial charge in [-0.3, -0.25) is 0 Å². The van der Waals surface area contributed by atoms with Crippen molar-refractivity contribution in [3.63, 3.8) is 0 Å². The first kappa shape index (κ1) is 22.8. The summed E-state index contributed by atoms with van der Waals surface area (Å²) in [7, 11) is -8.46. The summed E-state index contributed by atoms with van der Waals surface area (Å²) in [6.45, 7) is 0.448. The molecular formula is C18H21N9O5S2. The van der Waals surface area contributed by atoms with Crippen molar-refractivity contribution in [1.82, 2.24) is 37.4 Å². The minimum absolute atomic E-state index is 0.103. The van der Waals surface area contributed by atoms with E-state index in [0.29, 0.717) is 16.7 Å². The highest BCUT2D eigenvalue weighted by molar-refractivity contribution is 7.94. The molecule has 0 saturated carbocycles. The molecule has 2 fully saturated rings. The molecule has 180 valence electrons. The number of sulfone groups is 1. The van der Waals surface area contributed by atoms with Crippen LogP contribution < -0.4 is 38.1 Å². The molecular weight excluding hydrogens is 486 g/mol. The monoisotopic (exact) mass is 507 g/mol. The van der Waals surface area contributed by atoms with E-state index < -0.39 is 36.2 Å². The van der Waals surface area contributed by atoms with Gasteiger partial charge in [0.2, 0.25) is 15.9 Å². The molecule has 0 spiro atoms. The standard InChI is InChI=1S/C18H21N9O5S2/c19-18-25-24-17(32-18)10-3-1-2-9(6-10)12-4-5-13(33(28,29)11-7-21-8-11)15(34(20,30)31)14(12)16-22-26-27-23-16/h1-6,11,16,21-23,26-27H,7-8H2,(H2,19,25)(H2,20,30,31). The van der Waals surface area contributed by atoms with E-state index in [1.165, 1.54) is 6.07 Å². The van der Waals surface area contributed by atoms with Gasteiger partial charge in [0.15, 0.2) is 9.84 Å². The van der Waals surface area contributed by atoms with Crippen LogP contribution in [0, 0.1) is 0 Å². The molecule has 0 unspecified atom stereocenters. The number of hydrogen-bond acceptors (Lipinski definition) is 13. The number of nitrogen functional groups attached to an aromatic ring is 1. The highest BCUT2D eigenvalue weighted by Gasteiger charge is 2.39. The van der Waals surface area contributed by atoms with Gasteiger partial charge in [-0.15, -0.1) is 5.10 Å². The van der Waals surface area contributed by atoms with Crippen molar-refractivity contribution in [3.05, 3.63) is 42.0 Å². The predicted molar refractivity (Wildman–Crippen MR) is 120 cm³/mol. The van der Waals surface area contributed by atoms with E-state index in [1.54, 1.807) is 30.3 Å². The molecule has 3 heterocycles. The Balaban J connectivity index is 1.76. The zero-order chi connectivity index (χ0) is 24.1. The number of rotatable bonds is 6. The Morgan fingerprint density at radius 1 is 0.971 bits per heavy atom. The van der Waals surface area contributed by atoms with E-state index in [4.69, 9.17) is 15.3 Å². The Morgan fingerprint density at radius 2 is 1.68 bits per heavy atom. The smallest absolute Gasteiger partial charge is 0.313 e. The SMILES string of the molecule is Nc1nnc(-c2cccc(-c3ccc(S(=O)(=O)C4CNC4)c(S(N)(=O)=O)c3C3NNNN3)c2)o1. The van der Waals surface area contributed by atoms with Crippen molar-refractivity contribution >= 4 is 25.9 Å². The number of hydrazine groups is 3. The van der Waals surface area contributed by atoms with Gasteiger partial charge >= 0.3 is 6.01 Å². The number of benzene rings is 2. The van der Waals surface area contributed by atoms with Crippen LogP contribution in [0.3, 0.4) is 0 Å². The average Bonchev–Trinajstić information content (AvgIpc) is 3.42. The Kier molecular flexibility index (Phi) is 5.61. The number of aromatic nitrogens is 2. The lowest BCUT2D eigenvalue weighted by Crippen LogP contribution is -2.51. The minimum Gasteiger partial charge on any atom is -0.404 e. The number of nitrogens with two attached hydrogens (primary N) is 2. The van der Waals surface area contributed by atoms with Crippen LogP contribution in [-0.2, 0) is 19.9 Å². The van der Waals surface area contributed by atoms with E-state index in [1.807, 2.05) is 0 Å². The summed E-state index contributed by atoms with van der Waals surface area (Å²) in [5.41, 5.74) is 18.0. The third kappa shape index (κ3) is 3.95. The van der Waals surface area contributed by atoms with Gasteiger partial charge in [-0.05, 0) is 29.3 Å². The van der Waals surface area contributed by atoms with E-state index in [2.05, 4.69) is 37.4 Å². The van der Waals surface area contributed by atoms with Crippen molar-refractivity contribution in [2.75, 3.05) is 18.8 Å². The van der Waals surface area contributed by atoms with Gasteiger partial charge in [-0.1, -0.05) is 23.3 Å². The van der Waals surface area contributed by atoms with E-state index in [0.717, 1.165) is 0 Å². The molecule has 5 rings (SSSR count). The predicted octanol–water partition coefficient (Wildman–Crippen LogP) is -1.51. The van der Waals surface area contributed by atoms with Crippen molar-refractivity contribution in [2.24, 2.45) is 5.14 Å². The summed E-state index contributed by atoms with van der Waals surface area (Å²) in [5.74, 6) is 0.171. The van der Waals surface area contributed by atoms with Crippen LogP contribution in [0.5, 0.6) is 0 Å². The molecule has 0 atom stereocenters. The maximum absolute atomic E-state index is 13.3. The number of sulfonamides is 1. The van der Waals surface area contributed by atoms with Crippen LogP contribution in [0.1, 0.15) is 11.7 Å². The van der Waals surface area contributed by atoms with Crippen molar-refractivity contribution in [1.29, 1.82) is 0 Å². The van der Waals surface area contributed by atoms with E-state index >= 15 is 0 Å². The highest BCUT2D eigenvalue weighted by atomic mass is 32.2. The first-order valence-corrected chi connectivity index (χ1v) is 13.1. The molecule has 0 radical (unpaired) electrons. The van der Waals surface area contributed by atoms with Crippen LogP contribution in [0.2, 0.25) is 0 Å². The number of nitrogens with one attached hydrogen (secondary N) is 5. The second-order valence-electron chi connectivity index (χ2n) is 7.72. The average molecular weight is 508 g/mol. The fourth-order valence-corrected chi connectivity index (χ4v) is 7.10. The number of primary sulfonamides is 1. The fraction of sp³-hybridized carbons (Fsp3) is 0.222. The molecule has 0 bridgehead atoms. The molecule has 34 heavy (non-hydrogen) atoms. The Morgan fingerprint density at radius 3 is 2.26 bits per heavy atom. The van der Waals surface area contributed by atoms with Crippen LogP contribution in [0.25, 0.3) is 22.6 Å². The van der Waals surface area contributed by atoms with Gasteiger partial charge in [-0.2, -0.15) is 11.1 Å². The zero-order valence-electron chi connectivity index (χ0n) is 17.4. The maximum atomic E-state index is 13.3. The molecule has 2 aliphatic heterocycles. The normalized spacial score (nSPS) is 17.7. The van der Waals surface area contributed by atoms with Crippen LogP contribution in [0.4, 0.5) is 6.01 Å². The zero-order valence-corrected chi connectivity index (χ0v) is 19.1. The fourth-order valence-electron chi connectivity index (χ4n) is 3.86. The summed E-state index contributed by atoms with van der Waals surface area (Å²) in [6, 6.07) is 9.57. The first-order valence-electron chi connectivity index (χ1n) is 10.0. The third-order valence-corrected chi connectivity index (χ3v) is 8.88. The minimum atomic E-state index is -4.48. The molecule has 9 N–H and O–H groups in total. The Labute approximate surface area is 194 Å².